The SMILES string of the molecule is CCC.Cc1ccc(S(=O)(=O)N[C@@H](Cc2ccc3ccccc3n2)C(=O)NCC(=O)O)cc1. The van der Waals surface area contributed by atoms with E-state index in [4.69, 9.17) is 5.11 Å². The molecule has 1 atom stereocenters. The Kier molecular flexibility index (Phi) is 9.50. The lowest BCUT2D eigenvalue weighted by atomic mass is 10.1. The number of fused-ring (bicyclic) bond motifs is 1. The highest BCUT2D eigenvalue weighted by Crippen LogP contribution is 2.15. The van der Waals surface area contributed by atoms with Crippen molar-refractivity contribution in [3.05, 3.63) is 71.9 Å². The number of amides is 1. The van der Waals surface area contributed by atoms with Gasteiger partial charge < -0.3 is 10.4 Å². The van der Waals surface area contributed by atoms with Gasteiger partial charge in [0, 0.05) is 17.5 Å². The van der Waals surface area contributed by atoms with E-state index >= 15 is 0 Å². The van der Waals surface area contributed by atoms with Crippen LogP contribution in [0.4, 0.5) is 0 Å². The Hall–Kier alpha value is -3.30. The fourth-order valence-corrected chi connectivity index (χ4v) is 4.07. The zero-order valence-electron chi connectivity index (χ0n) is 18.9. The van der Waals surface area contributed by atoms with Gasteiger partial charge in [-0.15, -0.1) is 0 Å². The van der Waals surface area contributed by atoms with Crippen LogP contribution in [0.15, 0.2) is 65.6 Å². The van der Waals surface area contributed by atoms with Gasteiger partial charge in [0.2, 0.25) is 15.9 Å². The highest BCUT2D eigenvalue weighted by Gasteiger charge is 2.27. The van der Waals surface area contributed by atoms with Crippen molar-refractivity contribution in [2.75, 3.05) is 6.54 Å². The van der Waals surface area contributed by atoms with Gasteiger partial charge in [-0.2, -0.15) is 4.72 Å². The van der Waals surface area contributed by atoms with E-state index in [0.29, 0.717) is 11.2 Å². The molecule has 0 radical (unpaired) electrons. The fraction of sp³-hybridized carbons (Fsp3) is 0.292. The monoisotopic (exact) mass is 471 g/mol. The number of aryl methyl sites for hydroxylation is 1. The highest BCUT2D eigenvalue weighted by molar-refractivity contribution is 7.89. The van der Waals surface area contributed by atoms with Crippen molar-refractivity contribution >= 4 is 32.8 Å². The quantitative estimate of drug-likeness (QED) is 0.464. The molecule has 1 amide bonds. The van der Waals surface area contributed by atoms with E-state index in [-0.39, 0.29) is 11.3 Å². The van der Waals surface area contributed by atoms with Crippen molar-refractivity contribution in [2.45, 2.75) is 44.6 Å². The number of rotatable bonds is 8. The van der Waals surface area contributed by atoms with Crippen LogP contribution < -0.4 is 10.0 Å². The van der Waals surface area contributed by atoms with E-state index < -0.39 is 34.5 Å². The van der Waals surface area contributed by atoms with Gasteiger partial charge in [0.15, 0.2) is 0 Å². The number of benzene rings is 2. The number of sulfonamides is 1. The minimum Gasteiger partial charge on any atom is -0.480 e. The Morgan fingerprint density at radius 1 is 1.00 bits per heavy atom. The number of carbonyl (C=O) groups is 2. The molecule has 3 aromatic rings. The maximum atomic E-state index is 12.8. The van der Waals surface area contributed by atoms with Crippen molar-refractivity contribution in [1.29, 1.82) is 0 Å². The molecule has 0 aliphatic heterocycles. The number of aliphatic carboxylic acids is 1. The molecule has 8 nitrogen and oxygen atoms in total. The van der Waals surface area contributed by atoms with Gasteiger partial charge in [0.05, 0.1) is 10.4 Å². The van der Waals surface area contributed by atoms with Crippen LogP contribution in [-0.4, -0.2) is 43.0 Å². The summed E-state index contributed by atoms with van der Waals surface area (Å²) in [4.78, 5) is 27.8. The average molecular weight is 472 g/mol. The van der Waals surface area contributed by atoms with Crippen molar-refractivity contribution in [2.24, 2.45) is 0 Å². The molecule has 33 heavy (non-hydrogen) atoms. The molecule has 3 rings (SSSR count). The van der Waals surface area contributed by atoms with Crippen LogP contribution in [-0.2, 0) is 26.0 Å². The molecule has 1 aromatic heterocycles. The van der Waals surface area contributed by atoms with E-state index in [0.717, 1.165) is 10.9 Å². The molecule has 0 fully saturated rings. The van der Waals surface area contributed by atoms with Crippen LogP contribution >= 0.6 is 0 Å². The van der Waals surface area contributed by atoms with Crippen LogP contribution in [0, 0.1) is 6.92 Å². The fourth-order valence-electron chi connectivity index (χ4n) is 2.88. The van der Waals surface area contributed by atoms with Gasteiger partial charge in [0.1, 0.15) is 12.6 Å². The summed E-state index contributed by atoms with van der Waals surface area (Å²) in [5, 5.41) is 12.0. The Bertz CT molecular complexity index is 1190. The second kappa shape index (κ2) is 12.1. The summed E-state index contributed by atoms with van der Waals surface area (Å²) < 4.78 is 27.9. The topological polar surface area (TPSA) is 125 Å². The number of pyridine rings is 1. The predicted molar refractivity (Wildman–Crippen MR) is 127 cm³/mol. The maximum Gasteiger partial charge on any atom is 0.322 e. The van der Waals surface area contributed by atoms with Crippen LogP contribution in [0.25, 0.3) is 10.9 Å². The lowest BCUT2D eigenvalue weighted by Gasteiger charge is -2.18. The third-order valence-corrected chi connectivity index (χ3v) is 5.92. The average Bonchev–Trinajstić information content (AvgIpc) is 2.77. The van der Waals surface area contributed by atoms with Crippen molar-refractivity contribution in [1.82, 2.24) is 15.0 Å². The number of para-hydroxylation sites is 1. The third kappa shape index (κ3) is 7.96. The van der Waals surface area contributed by atoms with Gasteiger partial charge in [0.25, 0.3) is 0 Å². The van der Waals surface area contributed by atoms with Crippen molar-refractivity contribution in [3.8, 4) is 0 Å². The minimum absolute atomic E-state index is 0.00982. The molecule has 1 heterocycles. The maximum absolute atomic E-state index is 12.8. The first-order valence-corrected chi connectivity index (χ1v) is 12.1. The van der Waals surface area contributed by atoms with Crippen molar-refractivity contribution in [3.63, 3.8) is 0 Å². The zero-order chi connectivity index (χ0) is 24.4. The Balaban J connectivity index is 0.00000122. The van der Waals surface area contributed by atoms with Gasteiger partial charge in [-0.25, -0.2) is 8.42 Å². The number of carbonyl (C=O) groups excluding carboxylic acids is 1. The summed E-state index contributed by atoms with van der Waals surface area (Å²) in [6.45, 7) is 5.46. The standard InChI is InChI=1S/C21H21N3O5S.C3H8/c1-14-6-10-17(11-7-14)30(28,29)24-19(21(27)22-13-20(25)26)12-16-9-8-15-4-2-3-5-18(15)23-16;1-3-2/h2-11,19,24H,12-13H2,1H3,(H,22,27)(H,25,26);3H2,1-2H3/t19-;/m0./s1. The van der Waals surface area contributed by atoms with Gasteiger partial charge >= 0.3 is 5.97 Å². The molecule has 0 spiro atoms. The molecule has 0 bridgehead atoms. The number of carboxylic acids is 1. The molecule has 0 saturated heterocycles. The lowest BCUT2D eigenvalue weighted by Crippen LogP contribution is -2.49. The second-order valence-corrected chi connectivity index (χ2v) is 9.22. The van der Waals surface area contributed by atoms with Gasteiger partial charge in [-0.1, -0.05) is 62.2 Å². The number of carboxylic acid groups (broad SMARTS) is 1. The summed E-state index contributed by atoms with van der Waals surface area (Å²) in [7, 11) is -4.01. The van der Waals surface area contributed by atoms with Crippen LogP contribution in [0.3, 0.4) is 0 Å². The molecule has 9 heteroatoms. The highest BCUT2D eigenvalue weighted by atomic mass is 32.2. The smallest absolute Gasteiger partial charge is 0.322 e. The molecule has 3 N–H and O–H groups in total. The zero-order valence-corrected chi connectivity index (χ0v) is 19.7. The molecule has 2 aromatic carbocycles. The van der Waals surface area contributed by atoms with E-state index in [2.05, 4.69) is 28.9 Å². The molecular formula is C24H29N3O5S. The van der Waals surface area contributed by atoms with Crippen LogP contribution in [0.2, 0.25) is 0 Å². The lowest BCUT2D eigenvalue weighted by molar-refractivity contribution is -0.138. The molecule has 0 unspecified atom stereocenters. The molecule has 0 aliphatic carbocycles. The number of hydrogen-bond donors (Lipinski definition) is 3. The van der Waals surface area contributed by atoms with Crippen molar-refractivity contribution < 1.29 is 23.1 Å². The summed E-state index contributed by atoms with van der Waals surface area (Å²) in [6.07, 6.45) is 1.21. The molecule has 0 saturated carbocycles. The Labute approximate surface area is 194 Å². The largest absolute Gasteiger partial charge is 0.480 e. The number of aromatic nitrogens is 1. The van der Waals surface area contributed by atoms with E-state index in [9.17, 15) is 18.0 Å². The predicted octanol–water partition coefficient (Wildman–Crippen LogP) is 3.05. The number of nitrogens with one attached hydrogen (secondary N) is 2. The second-order valence-electron chi connectivity index (χ2n) is 7.50. The molecule has 176 valence electrons. The van der Waals surface area contributed by atoms with E-state index in [1.54, 1.807) is 18.2 Å². The van der Waals surface area contributed by atoms with E-state index in [1.165, 1.54) is 18.6 Å². The van der Waals surface area contributed by atoms with E-state index in [1.807, 2.05) is 37.3 Å². The first kappa shape index (κ1) is 26.0. The Morgan fingerprint density at radius 3 is 2.27 bits per heavy atom. The number of hydrogen-bond acceptors (Lipinski definition) is 5. The summed E-state index contributed by atoms with van der Waals surface area (Å²) in [5.41, 5.74) is 2.10. The van der Waals surface area contributed by atoms with Crippen LogP contribution in [0.1, 0.15) is 31.5 Å². The van der Waals surface area contributed by atoms with Gasteiger partial charge in [-0.05, 0) is 31.2 Å². The third-order valence-electron chi connectivity index (χ3n) is 4.43. The minimum atomic E-state index is -4.01. The molecule has 0 aliphatic rings. The van der Waals surface area contributed by atoms with Crippen LogP contribution in [0.5, 0.6) is 0 Å². The summed E-state index contributed by atoms with van der Waals surface area (Å²) >= 11 is 0. The Morgan fingerprint density at radius 2 is 1.64 bits per heavy atom. The normalized spacial score (nSPS) is 11.8. The molecular weight excluding hydrogens is 442 g/mol. The summed E-state index contributed by atoms with van der Waals surface area (Å²) in [6, 6.07) is 15.9. The first-order chi connectivity index (χ1) is 15.7. The first-order valence-electron chi connectivity index (χ1n) is 10.6. The summed E-state index contributed by atoms with van der Waals surface area (Å²) in [5.74, 6) is -1.98. The van der Waals surface area contributed by atoms with Gasteiger partial charge in [-0.3, -0.25) is 14.6 Å². The number of nitrogens with zero attached hydrogens (tertiary/aromatic N) is 1.